The van der Waals surface area contributed by atoms with E-state index in [1.807, 2.05) is 0 Å². The summed E-state index contributed by atoms with van der Waals surface area (Å²) < 4.78 is 24.4. The molecule has 0 bridgehead atoms. The van der Waals surface area contributed by atoms with Crippen molar-refractivity contribution in [3.05, 3.63) is 71.8 Å². The van der Waals surface area contributed by atoms with Crippen molar-refractivity contribution in [3.63, 3.8) is 0 Å². The molecule has 0 radical (unpaired) electrons. The lowest BCUT2D eigenvalue weighted by Gasteiger charge is -2.24. The Labute approximate surface area is 158 Å². The van der Waals surface area contributed by atoms with Crippen molar-refractivity contribution in [2.24, 2.45) is 0 Å². The normalized spacial score (nSPS) is 13.9. The summed E-state index contributed by atoms with van der Waals surface area (Å²) in [5.74, 6) is -1.30. The first kappa shape index (κ1) is 19.8. The zero-order chi connectivity index (χ0) is 18.9. The molecule has 0 saturated heterocycles. The molecule has 0 aliphatic carbocycles. The van der Waals surface area contributed by atoms with E-state index >= 15 is 0 Å². The van der Waals surface area contributed by atoms with E-state index in [2.05, 4.69) is 15.9 Å². The average Bonchev–Trinajstić information content (AvgIpc) is 2.70. The van der Waals surface area contributed by atoms with Gasteiger partial charge in [0.2, 0.25) is 0 Å². The lowest BCUT2D eigenvalue weighted by molar-refractivity contribution is 0.00882. The van der Waals surface area contributed by atoms with Crippen LogP contribution in [0.5, 0.6) is 0 Å². The molecule has 0 aliphatic rings. The van der Waals surface area contributed by atoms with Crippen molar-refractivity contribution in [1.82, 2.24) is 0 Å². The van der Waals surface area contributed by atoms with Crippen molar-refractivity contribution < 1.29 is 23.5 Å². The number of alkyl halides is 2. The Morgan fingerprint density at radius 3 is 2.00 bits per heavy atom. The van der Waals surface area contributed by atoms with E-state index in [1.54, 1.807) is 48.5 Å². The number of esters is 2. The van der Waals surface area contributed by atoms with Crippen LogP contribution >= 0.6 is 15.9 Å². The number of hydrogen-bond donors (Lipinski definition) is 1. The van der Waals surface area contributed by atoms with Crippen LogP contribution in [-0.4, -0.2) is 41.9 Å². The van der Waals surface area contributed by atoms with Crippen LogP contribution in [0.1, 0.15) is 20.7 Å². The summed E-state index contributed by atoms with van der Waals surface area (Å²) in [7, 11) is 0. The summed E-state index contributed by atoms with van der Waals surface area (Å²) in [5.41, 5.74) is 0.615. The molecule has 2 aromatic rings. The second kappa shape index (κ2) is 9.82. The lowest BCUT2D eigenvalue weighted by Crippen LogP contribution is -2.39. The zero-order valence-corrected chi connectivity index (χ0v) is 15.3. The number of carbonyl (C=O) groups is 2. The minimum Gasteiger partial charge on any atom is -0.461 e. The van der Waals surface area contributed by atoms with Crippen LogP contribution in [0.15, 0.2) is 60.7 Å². The Bertz CT molecular complexity index is 742. The lowest BCUT2D eigenvalue weighted by atomic mass is 10.1. The van der Waals surface area contributed by atoms with Gasteiger partial charge in [0.25, 0.3) is 0 Å². The quantitative estimate of drug-likeness (QED) is 0.399. The third-order valence-corrected chi connectivity index (χ3v) is 4.25. The van der Waals surface area contributed by atoms with Gasteiger partial charge in [-0.3, -0.25) is 0 Å². The number of nitrogens with one attached hydrogen (secondary N) is 1. The topological polar surface area (TPSA) is 76.4 Å². The number of ether oxygens (including phenoxy) is 2. The van der Waals surface area contributed by atoms with Gasteiger partial charge in [-0.05, 0) is 24.3 Å². The fourth-order valence-corrected chi connectivity index (χ4v) is 2.64. The molecule has 1 N–H and O–H groups in total. The molecular formula is C19H17BrFNO4. The molecule has 0 unspecified atom stereocenters. The zero-order valence-electron chi connectivity index (χ0n) is 13.7. The monoisotopic (exact) mass is 421 g/mol. The standard InChI is InChI=1S/C19H17BrFNO4/c20-15(12-25-18(23)13-7-3-1-4-8-13)17(16(21)11-22)26-19(24)14-9-5-2-6-10-14/h1-11,15-17,22H,12H2/t15-,16+,17+/m0/s1. The van der Waals surface area contributed by atoms with Crippen molar-refractivity contribution in [2.45, 2.75) is 17.1 Å². The number of benzene rings is 2. The van der Waals surface area contributed by atoms with Gasteiger partial charge in [0.15, 0.2) is 12.3 Å². The summed E-state index contributed by atoms with van der Waals surface area (Å²) in [6.45, 7) is -0.227. The maximum Gasteiger partial charge on any atom is 0.338 e. The Morgan fingerprint density at radius 1 is 1.00 bits per heavy atom. The molecule has 7 heteroatoms. The van der Waals surface area contributed by atoms with Crippen LogP contribution in [0.2, 0.25) is 0 Å². The van der Waals surface area contributed by atoms with Crippen LogP contribution in [0.25, 0.3) is 0 Å². The van der Waals surface area contributed by atoms with E-state index in [0.717, 1.165) is 0 Å². The molecule has 136 valence electrons. The molecule has 0 fully saturated rings. The van der Waals surface area contributed by atoms with Gasteiger partial charge in [0.1, 0.15) is 6.61 Å². The van der Waals surface area contributed by atoms with Gasteiger partial charge in [-0.2, -0.15) is 0 Å². The molecule has 2 aromatic carbocycles. The predicted octanol–water partition coefficient (Wildman–Crippen LogP) is 3.82. The van der Waals surface area contributed by atoms with Crippen LogP contribution in [0.4, 0.5) is 4.39 Å². The number of halogens is 2. The molecule has 2 rings (SSSR count). The Morgan fingerprint density at radius 2 is 1.50 bits per heavy atom. The number of rotatable bonds is 8. The molecule has 0 amide bonds. The average molecular weight is 422 g/mol. The number of carbonyl (C=O) groups excluding carboxylic acids is 2. The highest BCUT2D eigenvalue weighted by atomic mass is 79.9. The maximum absolute atomic E-state index is 14.1. The molecule has 26 heavy (non-hydrogen) atoms. The maximum atomic E-state index is 14.1. The minimum atomic E-state index is -1.84. The van der Waals surface area contributed by atoms with E-state index in [4.69, 9.17) is 14.9 Å². The van der Waals surface area contributed by atoms with E-state index in [-0.39, 0.29) is 12.2 Å². The van der Waals surface area contributed by atoms with Crippen molar-refractivity contribution >= 4 is 34.1 Å². The highest BCUT2D eigenvalue weighted by molar-refractivity contribution is 9.09. The van der Waals surface area contributed by atoms with Crippen molar-refractivity contribution in [2.75, 3.05) is 6.61 Å². The Kier molecular flexibility index (Phi) is 7.47. The third kappa shape index (κ3) is 5.49. The van der Waals surface area contributed by atoms with Crippen LogP contribution in [-0.2, 0) is 9.47 Å². The molecule has 0 heterocycles. The predicted molar refractivity (Wildman–Crippen MR) is 98.8 cm³/mol. The van der Waals surface area contributed by atoms with Gasteiger partial charge in [0, 0.05) is 6.21 Å². The fourth-order valence-electron chi connectivity index (χ4n) is 2.11. The van der Waals surface area contributed by atoms with Crippen molar-refractivity contribution in [3.8, 4) is 0 Å². The molecule has 5 nitrogen and oxygen atoms in total. The summed E-state index contributed by atoms with van der Waals surface area (Å²) in [5, 5.41) is 7.11. The van der Waals surface area contributed by atoms with E-state index < -0.39 is 29.0 Å². The molecule has 0 aliphatic heterocycles. The third-order valence-electron chi connectivity index (χ3n) is 3.47. The van der Waals surface area contributed by atoms with Crippen molar-refractivity contribution in [1.29, 1.82) is 5.41 Å². The second-order valence-corrected chi connectivity index (χ2v) is 6.50. The van der Waals surface area contributed by atoms with E-state index in [0.29, 0.717) is 11.8 Å². The first-order valence-electron chi connectivity index (χ1n) is 7.80. The van der Waals surface area contributed by atoms with Gasteiger partial charge in [-0.25, -0.2) is 14.0 Å². The molecular weight excluding hydrogens is 405 g/mol. The van der Waals surface area contributed by atoms with Gasteiger partial charge in [0.05, 0.1) is 16.0 Å². The van der Waals surface area contributed by atoms with Crippen LogP contribution < -0.4 is 0 Å². The van der Waals surface area contributed by atoms with Gasteiger partial charge in [-0.1, -0.05) is 52.3 Å². The summed E-state index contributed by atoms with van der Waals surface area (Å²) in [4.78, 5) is 23.3. The molecule has 0 aromatic heterocycles. The second-order valence-electron chi connectivity index (χ2n) is 5.33. The highest BCUT2D eigenvalue weighted by Gasteiger charge is 2.32. The minimum absolute atomic E-state index is 0.227. The van der Waals surface area contributed by atoms with E-state index in [9.17, 15) is 14.0 Å². The number of hydrogen-bond acceptors (Lipinski definition) is 5. The van der Waals surface area contributed by atoms with E-state index in [1.165, 1.54) is 12.1 Å². The van der Waals surface area contributed by atoms with Crippen LogP contribution in [0.3, 0.4) is 0 Å². The Hall–Kier alpha value is -2.54. The molecule has 3 atom stereocenters. The summed E-state index contributed by atoms with van der Waals surface area (Å²) in [6.07, 6.45) is -2.62. The smallest absolute Gasteiger partial charge is 0.338 e. The molecule has 0 saturated carbocycles. The summed E-state index contributed by atoms with van der Waals surface area (Å²) in [6, 6.07) is 16.5. The first-order chi connectivity index (χ1) is 12.5. The fraction of sp³-hybridized carbons (Fsp3) is 0.211. The SMILES string of the molecule is N=C[C@@H](F)[C@H](OC(=O)c1ccccc1)[C@@H](Br)COC(=O)c1ccccc1. The largest absolute Gasteiger partial charge is 0.461 e. The summed E-state index contributed by atoms with van der Waals surface area (Å²) >= 11 is 3.19. The molecule has 0 spiro atoms. The first-order valence-corrected chi connectivity index (χ1v) is 8.71. The highest BCUT2D eigenvalue weighted by Crippen LogP contribution is 2.18. The Balaban J connectivity index is 2.00. The van der Waals surface area contributed by atoms with Gasteiger partial charge >= 0.3 is 11.9 Å². The van der Waals surface area contributed by atoms with Gasteiger partial charge in [-0.15, -0.1) is 0 Å². The van der Waals surface area contributed by atoms with Gasteiger partial charge < -0.3 is 14.9 Å². The van der Waals surface area contributed by atoms with Crippen LogP contribution in [0, 0.1) is 5.41 Å².